The van der Waals surface area contributed by atoms with Crippen molar-refractivity contribution < 1.29 is 32.3 Å². The van der Waals surface area contributed by atoms with Crippen LogP contribution < -0.4 is 15.4 Å². The number of rotatable bonds is 13. The molecule has 0 heterocycles. The molecular formula is C35H49ClN4O7S. The first-order valence-electron chi connectivity index (χ1n) is 15.5. The Morgan fingerprint density at radius 2 is 1.54 bits per heavy atom. The number of nitrogens with zero attached hydrogens (tertiary/aromatic N) is 1. The highest BCUT2D eigenvalue weighted by atomic mass is 35.5. The van der Waals surface area contributed by atoms with Crippen LogP contribution in [0.1, 0.15) is 71.3 Å². The molecule has 0 saturated carbocycles. The molecule has 13 heteroatoms. The maximum Gasteiger partial charge on any atom is 0.337 e. The van der Waals surface area contributed by atoms with Gasteiger partial charge in [0.2, 0.25) is 11.8 Å². The molecule has 0 aliphatic rings. The van der Waals surface area contributed by atoms with Gasteiger partial charge in [-0.3, -0.25) is 14.4 Å². The lowest BCUT2D eigenvalue weighted by Crippen LogP contribution is -2.61. The predicted molar refractivity (Wildman–Crippen MR) is 187 cm³/mol. The van der Waals surface area contributed by atoms with Gasteiger partial charge in [0.25, 0.3) is 15.9 Å². The Bertz CT molecular complexity index is 1630. The van der Waals surface area contributed by atoms with Crippen LogP contribution in [-0.2, 0) is 34.6 Å². The van der Waals surface area contributed by atoms with Crippen molar-refractivity contribution in [2.45, 2.75) is 83.8 Å². The second-order valence-corrected chi connectivity index (χ2v) is 15.8. The number of methoxy groups -OCH3 is 1. The van der Waals surface area contributed by atoms with E-state index < -0.39 is 55.8 Å². The summed E-state index contributed by atoms with van der Waals surface area (Å²) in [5.74, 6) is -2.65. The van der Waals surface area contributed by atoms with Crippen molar-refractivity contribution in [1.29, 1.82) is 0 Å². The topological polar surface area (TPSA) is 151 Å². The van der Waals surface area contributed by atoms with Crippen molar-refractivity contribution in [2.24, 2.45) is 11.3 Å². The number of amides is 3. The average molecular weight is 705 g/mol. The van der Waals surface area contributed by atoms with Crippen LogP contribution in [0.25, 0.3) is 0 Å². The molecule has 0 bridgehead atoms. The third kappa shape index (κ3) is 9.67. The monoisotopic (exact) mass is 704 g/mol. The van der Waals surface area contributed by atoms with Crippen LogP contribution in [-0.4, -0.2) is 76.3 Å². The molecule has 3 amide bonds. The molecule has 3 unspecified atom stereocenters. The van der Waals surface area contributed by atoms with Crippen molar-refractivity contribution in [3.8, 4) is 0 Å². The first-order valence-corrected chi connectivity index (χ1v) is 17.4. The summed E-state index contributed by atoms with van der Waals surface area (Å²) in [4.78, 5) is 54.0. The highest BCUT2D eigenvalue weighted by molar-refractivity contribution is 7.90. The maximum absolute atomic E-state index is 14.1. The van der Waals surface area contributed by atoms with Gasteiger partial charge in [-0.25, -0.2) is 17.9 Å². The number of carbonyl (C=O) groups is 4. The van der Waals surface area contributed by atoms with E-state index in [-0.39, 0.29) is 33.9 Å². The van der Waals surface area contributed by atoms with E-state index in [1.807, 2.05) is 83.5 Å². The first-order chi connectivity index (χ1) is 22.1. The van der Waals surface area contributed by atoms with Gasteiger partial charge in [-0.1, -0.05) is 96.5 Å². The summed E-state index contributed by atoms with van der Waals surface area (Å²) >= 11 is 6.11. The fourth-order valence-electron chi connectivity index (χ4n) is 5.37. The molecule has 0 fully saturated rings. The van der Waals surface area contributed by atoms with Crippen LogP contribution >= 0.6 is 11.6 Å². The lowest BCUT2D eigenvalue weighted by atomic mass is 9.76. The van der Waals surface area contributed by atoms with Gasteiger partial charge in [0.1, 0.15) is 10.9 Å². The molecule has 3 atom stereocenters. The fourth-order valence-corrected chi connectivity index (χ4v) is 6.92. The molecule has 0 radical (unpaired) electrons. The molecule has 0 saturated heterocycles. The Morgan fingerprint density at radius 1 is 0.958 bits per heavy atom. The van der Waals surface area contributed by atoms with Crippen LogP contribution in [0.2, 0.25) is 5.02 Å². The summed E-state index contributed by atoms with van der Waals surface area (Å²) in [7, 11) is -0.0632. The van der Waals surface area contributed by atoms with E-state index in [0.717, 1.165) is 18.7 Å². The van der Waals surface area contributed by atoms with Gasteiger partial charge in [-0.15, -0.1) is 0 Å². The lowest BCUT2D eigenvalue weighted by Gasteiger charge is -2.40. The molecular weight excluding hydrogens is 656 g/mol. The Hall–Kier alpha value is -3.74. The molecule has 0 spiro atoms. The van der Waals surface area contributed by atoms with E-state index >= 15 is 0 Å². The van der Waals surface area contributed by atoms with Gasteiger partial charge >= 0.3 is 5.97 Å². The number of likely N-dealkylation sites (N-methyl/N-ethyl adjacent to an activating group) is 2. The quantitative estimate of drug-likeness (QED) is 0.204. The van der Waals surface area contributed by atoms with E-state index in [1.54, 1.807) is 14.1 Å². The van der Waals surface area contributed by atoms with Gasteiger partial charge in [0.05, 0.1) is 29.8 Å². The highest BCUT2D eigenvalue weighted by Gasteiger charge is 2.41. The van der Waals surface area contributed by atoms with Gasteiger partial charge in [0, 0.05) is 18.0 Å². The summed E-state index contributed by atoms with van der Waals surface area (Å²) in [5, 5.41) is 5.91. The zero-order valence-corrected chi connectivity index (χ0v) is 31.2. The Balaban J connectivity index is 2.37. The predicted octanol–water partition coefficient (Wildman–Crippen LogP) is 4.46. The third-order valence-corrected chi connectivity index (χ3v) is 10.1. The molecule has 264 valence electrons. The maximum atomic E-state index is 14.1. The Labute approximate surface area is 289 Å². The number of sulfonamides is 1. The van der Waals surface area contributed by atoms with Gasteiger partial charge in [-0.05, 0) is 49.1 Å². The summed E-state index contributed by atoms with van der Waals surface area (Å²) in [6.45, 7) is 14.6. The average Bonchev–Trinajstić information content (AvgIpc) is 3.01. The van der Waals surface area contributed by atoms with Crippen molar-refractivity contribution in [2.75, 3.05) is 21.2 Å². The Kier molecular flexibility index (Phi) is 13.6. The van der Waals surface area contributed by atoms with E-state index in [4.69, 9.17) is 11.6 Å². The number of nitrogens with one attached hydrogen (secondary N) is 3. The van der Waals surface area contributed by atoms with Gasteiger partial charge < -0.3 is 20.3 Å². The largest absolute Gasteiger partial charge is 0.465 e. The number of esters is 1. The number of hydrogen-bond donors (Lipinski definition) is 3. The number of hydrogen-bond acceptors (Lipinski definition) is 8. The van der Waals surface area contributed by atoms with Gasteiger partial charge in [-0.2, -0.15) is 0 Å². The molecule has 2 rings (SSSR count). The van der Waals surface area contributed by atoms with Crippen molar-refractivity contribution >= 4 is 45.3 Å². The fraction of sp³-hybridized carbons (Fsp3) is 0.486. The molecule has 0 aliphatic heterocycles. The summed E-state index contributed by atoms with van der Waals surface area (Å²) < 4.78 is 32.9. The zero-order valence-electron chi connectivity index (χ0n) is 29.6. The van der Waals surface area contributed by atoms with E-state index in [0.29, 0.717) is 0 Å². The highest BCUT2D eigenvalue weighted by Crippen LogP contribution is 2.29. The summed E-state index contributed by atoms with van der Waals surface area (Å²) in [5.41, 5.74) is -0.397. The van der Waals surface area contributed by atoms with Crippen LogP contribution in [0.4, 0.5) is 0 Å². The molecule has 2 aromatic carbocycles. The lowest BCUT2D eigenvalue weighted by molar-refractivity contribution is -0.140. The second-order valence-electron chi connectivity index (χ2n) is 13.7. The summed E-state index contributed by atoms with van der Waals surface area (Å²) in [6, 6.07) is 10.9. The van der Waals surface area contributed by atoms with Crippen LogP contribution in [0.15, 0.2) is 65.1 Å². The van der Waals surface area contributed by atoms with Gasteiger partial charge in [0.15, 0.2) is 0 Å². The Morgan fingerprint density at radius 3 is 2.04 bits per heavy atom. The number of carbonyl (C=O) groups excluding carboxylic acids is 4. The van der Waals surface area contributed by atoms with E-state index in [2.05, 4.69) is 15.4 Å². The SMILES string of the molecule is CNC(C(=O)NC(C(=O)N(C)C(/C=C(\C)C(=O)NS(=O)(=O)c1cc(C(=O)OC)ccc1Cl)C(C)C)C(C)(C)C)C(C)(C)c1ccccc1. The van der Waals surface area contributed by atoms with E-state index in [9.17, 15) is 27.6 Å². The van der Waals surface area contributed by atoms with Crippen LogP contribution in [0.3, 0.4) is 0 Å². The number of benzene rings is 2. The summed E-state index contributed by atoms with van der Waals surface area (Å²) in [6.07, 6.45) is 1.51. The molecule has 0 aromatic heterocycles. The minimum Gasteiger partial charge on any atom is -0.465 e. The first kappa shape index (κ1) is 40.4. The molecule has 48 heavy (non-hydrogen) atoms. The van der Waals surface area contributed by atoms with Crippen molar-refractivity contribution in [3.63, 3.8) is 0 Å². The standard InChI is InChI=1S/C35H49ClN4O7S/c1-21(2)26(19-22(3)30(41)39-48(45,46)27-20-23(33(44)47-11)17-18-25(27)36)40(10)32(43)29(34(4,5)6)38-31(42)28(37-9)35(7,8)24-15-13-12-14-16-24/h12-21,26,28-29,37H,1-11H3,(H,38,42)(H,39,41)/b22-19+. The van der Waals surface area contributed by atoms with Crippen molar-refractivity contribution in [1.82, 2.24) is 20.3 Å². The molecule has 0 aliphatic carbocycles. The molecule has 3 N–H and O–H groups in total. The number of ether oxygens (including phenoxy) is 1. The molecule has 11 nitrogen and oxygen atoms in total. The second kappa shape index (κ2) is 16.1. The normalized spacial score (nSPS) is 14.5. The van der Waals surface area contributed by atoms with Crippen LogP contribution in [0.5, 0.6) is 0 Å². The third-order valence-electron chi connectivity index (χ3n) is 8.32. The van der Waals surface area contributed by atoms with Crippen molar-refractivity contribution in [3.05, 3.63) is 76.3 Å². The zero-order chi connectivity index (χ0) is 36.8. The molecule has 2 aromatic rings. The number of halogens is 1. The smallest absolute Gasteiger partial charge is 0.337 e. The minimum absolute atomic E-state index is 0.0216. The van der Waals surface area contributed by atoms with Crippen LogP contribution in [0, 0.1) is 11.3 Å². The minimum atomic E-state index is -4.50. The van der Waals surface area contributed by atoms with E-state index in [1.165, 1.54) is 30.0 Å².